The molecule has 0 bridgehead atoms. The highest BCUT2D eigenvalue weighted by Crippen LogP contribution is 2.27. The van der Waals surface area contributed by atoms with Crippen LogP contribution in [0.4, 0.5) is 5.69 Å². The molecule has 0 radical (unpaired) electrons. The molecule has 0 amide bonds. The molecule has 0 aliphatic carbocycles. The lowest BCUT2D eigenvalue weighted by molar-refractivity contribution is 0.430. The molecule has 19 heavy (non-hydrogen) atoms. The largest absolute Gasteiger partial charge is 0.367 e. The fourth-order valence-corrected chi connectivity index (χ4v) is 2.65. The third-order valence-electron chi connectivity index (χ3n) is 3.58. The number of rotatable bonds is 4. The second-order valence-corrected chi connectivity index (χ2v) is 4.79. The van der Waals surface area contributed by atoms with E-state index in [0.717, 1.165) is 19.6 Å². The Morgan fingerprint density at radius 2 is 2.32 bits per heavy atom. The number of aromatic nitrogens is 1. The number of para-hydroxylation sites is 1. The Balaban J connectivity index is 1.79. The van der Waals surface area contributed by atoms with Gasteiger partial charge in [-0.05, 0) is 6.07 Å². The van der Waals surface area contributed by atoms with Crippen molar-refractivity contribution in [1.29, 1.82) is 5.53 Å². The van der Waals surface area contributed by atoms with E-state index in [4.69, 9.17) is 5.53 Å². The van der Waals surface area contributed by atoms with Crippen LogP contribution in [-0.4, -0.2) is 37.2 Å². The van der Waals surface area contributed by atoms with Gasteiger partial charge in [0.15, 0.2) is 0 Å². The zero-order valence-electron chi connectivity index (χ0n) is 10.7. The van der Waals surface area contributed by atoms with E-state index in [9.17, 15) is 0 Å². The lowest BCUT2D eigenvalue weighted by Gasteiger charge is -2.34. The van der Waals surface area contributed by atoms with Crippen LogP contribution in [-0.2, 0) is 0 Å². The van der Waals surface area contributed by atoms with Gasteiger partial charge in [-0.2, -0.15) is 5.53 Å². The normalized spacial score (nSPS) is 19.6. The van der Waals surface area contributed by atoms with Crippen LogP contribution >= 0.6 is 0 Å². The van der Waals surface area contributed by atoms with Crippen LogP contribution in [0.1, 0.15) is 0 Å². The lowest BCUT2D eigenvalue weighted by Crippen LogP contribution is -2.54. The van der Waals surface area contributed by atoms with Gasteiger partial charge in [-0.25, -0.2) is 0 Å². The van der Waals surface area contributed by atoms with E-state index in [1.165, 1.54) is 16.6 Å². The second-order valence-electron chi connectivity index (χ2n) is 4.79. The molecule has 2 aromatic rings. The molecule has 3 rings (SSSR count). The molecule has 1 aromatic carbocycles. The fraction of sp³-hybridized carbons (Fsp3) is 0.385. The molecule has 1 fully saturated rings. The molecule has 1 atom stereocenters. The van der Waals surface area contributed by atoms with Crippen molar-refractivity contribution in [3.63, 3.8) is 0 Å². The molecule has 1 saturated heterocycles. The second kappa shape index (κ2) is 5.27. The lowest BCUT2D eigenvalue weighted by atomic mass is 10.1. The Kier molecular flexibility index (Phi) is 3.33. The van der Waals surface area contributed by atoms with Crippen molar-refractivity contribution >= 4 is 16.6 Å². The molecule has 0 saturated carbocycles. The van der Waals surface area contributed by atoms with Crippen LogP contribution in [0, 0.1) is 5.53 Å². The number of anilines is 1. The van der Waals surface area contributed by atoms with E-state index in [1.807, 2.05) is 6.07 Å². The quantitative estimate of drug-likeness (QED) is 0.495. The van der Waals surface area contributed by atoms with Crippen molar-refractivity contribution in [2.24, 2.45) is 5.22 Å². The summed E-state index contributed by atoms with van der Waals surface area (Å²) in [6, 6.07) is 8.67. The van der Waals surface area contributed by atoms with E-state index >= 15 is 0 Å². The first-order chi connectivity index (χ1) is 9.38. The highest BCUT2D eigenvalue weighted by Gasteiger charge is 2.21. The number of piperazine rings is 1. The molecular formula is C13H18N6. The van der Waals surface area contributed by atoms with Crippen LogP contribution in [0.2, 0.25) is 0 Å². The average Bonchev–Trinajstić information content (AvgIpc) is 2.89. The van der Waals surface area contributed by atoms with Crippen LogP contribution in [0.25, 0.3) is 10.9 Å². The van der Waals surface area contributed by atoms with Crippen molar-refractivity contribution in [3.8, 4) is 0 Å². The molecule has 1 aromatic heterocycles. The predicted octanol–water partition coefficient (Wildman–Crippen LogP) is 1.48. The van der Waals surface area contributed by atoms with Gasteiger partial charge < -0.3 is 15.2 Å². The molecule has 1 aliphatic rings. The molecular weight excluding hydrogens is 240 g/mol. The van der Waals surface area contributed by atoms with Crippen LogP contribution in [0.5, 0.6) is 0 Å². The van der Waals surface area contributed by atoms with Gasteiger partial charge in [0.25, 0.3) is 0 Å². The number of nitrogens with zero attached hydrogens (tertiary/aromatic N) is 2. The fourth-order valence-electron chi connectivity index (χ4n) is 2.65. The Labute approximate surface area is 111 Å². The Hall–Kier alpha value is -2.08. The zero-order chi connectivity index (χ0) is 13.1. The van der Waals surface area contributed by atoms with Gasteiger partial charge in [-0.3, -0.25) is 5.43 Å². The summed E-state index contributed by atoms with van der Waals surface area (Å²) in [4.78, 5) is 5.70. The molecule has 6 heteroatoms. The Morgan fingerprint density at radius 3 is 3.21 bits per heavy atom. The number of hydrogen-bond acceptors (Lipinski definition) is 4. The molecule has 0 spiro atoms. The number of aromatic amines is 1. The molecule has 1 unspecified atom stereocenters. The number of nitrogens with one attached hydrogen (secondary N) is 4. The van der Waals surface area contributed by atoms with Crippen LogP contribution < -0.4 is 15.6 Å². The van der Waals surface area contributed by atoms with Crippen molar-refractivity contribution in [2.75, 3.05) is 31.1 Å². The minimum Gasteiger partial charge on any atom is -0.367 e. The van der Waals surface area contributed by atoms with Gasteiger partial charge in [0.05, 0.1) is 12.2 Å². The SMILES string of the molecule is N=NNCC1CN(c2c[nH]c3ccccc23)CCN1. The summed E-state index contributed by atoms with van der Waals surface area (Å²) in [6.45, 7) is 3.55. The molecule has 6 nitrogen and oxygen atoms in total. The summed E-state index contributed by atoms with van der Waals surface area (Å²) in [5.41, 5.74) is 11.9. The van der Waals surface area contributed by atoms with Gasteiger partial charge in [0.2, 0.25) is 0 Å². The van der Waals surface area contributed by atoms with Crippen molar-refractivity contribution < 1.29 is 0 Å². The summed E-state index contributed by atoms with van der Waals surface area (Å²) in [7, 11) is 0. The van der Waals surface area contributed by atoms with Crippen LogP contribution in [0.3, 0.4) is 0 Å². The van der Waals surface area contributed by atoms with Crippen LogP contribution in [0.15, 0.2) is 35.7 Å². The molecule has 1 aliphatic heterocycles. The smallest absolute Gasteiger partial charge is 0.0624 e. The maximum Gasteiger partial charge on any atom is 0.0624 e. The van der Waals surface area contributed by atoms with E-state index in [2.05, 4.69) is 50.2 Å². The van der Waals surface area contributed by atoms with Gasteiger partial charge in [0.1, 0.15) is 0 Å². The number of H-pyrrole nitrogens is 1. The number of benzene rings is 1. The molecule has 100 valence electrons. The van der Waals surface area contributed by atoms with Crippen molar-refractivity contribution in [3.05, 3.63) is 30.5 Å². The predicted molar refractivity (Wildman–Crippen MR) is 75.5 cm³/mol. The minimum atomic E-state index is 0.316. The average molecular weight is 258 g/mol. The standard InChI is InChI=1S/C13H18N6/c14-18-17-7-10-9-19(6-5-15-10)13-8-16-12-4-2-1-3-11(12)13/h1-4,8,10,15-16H,5-7,9H2,(H2,14,17). The third kappa shape index (κ3) is 2.39. The van der Waals surface area contributed by atoms with Gasteiger partial charge in [-0.1, -0.05) is 23.4 Å². The number of fused-ring (bicyclic) bond motifs is 1. The molecule has 4 N–H and O–H groups in total. The summed E-state index contributed by atoms with van der Waals surface area (Å²) in [5, 5.41) is 7.90. The van der Waals surface area contributed by atoms with Crippen molar-refractivity contribution in [2.45, 2.75) is 6.04 Å². The topological polar surface area (TPSA) is 79.3 Å². The molecule has 2 heterocycles. The van der Waals surface area contributed by atoms with E-state index in [0.29, 0.717) is 12.6 Å². The monoisotopic (exact) mass is 258 g/mol. The van der Waals surface area contributed by atoms with E-state index in [1.54, 1.807) is 0 Å². The first-order valence-corrected chi connectivity index (χ1v) is 6.52. The summed E-state index contributed by atoms with van der Waals surface area (Å²) < 4.78 is 0. The Bertz CT molecular complexity index is 563. The summed E-state index contributed by atoms with van der Waals surface area (Å²) in [5.74, 6) is 0. The Morgan fingerprint density at radius 1 is 1.42 bits per heavy atom. The van der Waals surface area contributed by atoms with Crippen molar-refractivity contribution in [1.82, 2.24) is 15.7 Å². The zero-order valence-corrected chi connectivity index (χ0v) is 10.7. The van der Waals surface area contributed by atoms with E-state index in [-0.39, 0.29) is 0 Å². The summed E-state index contributed by atoms with van der Waals surface area (Å²) >= 11 is 0. The number of hydrogen-bond donors (Lipinski definition) is 4. The van der Waals surface area contributed by atoms with Gasteiger partial charge >= 0.3 is 0 Å². The van der Waals surface area contributed by atoms with Gasteiger partial charge in [-0.15, -0.1) is 0 Å². The third-order valence-corrected chi connectivity index (χ3v) is 3.58. The summed E-state index contributed by atoms with van der Waals surface area (Å²) in [6.07, 6.45) is 2.08. The maximum absolute atomic E-state index is 6.79. The highest BCUT2D eigenvalue weighted by molar-refractivity contribution is 5.92. The van der Waals surface area contributed by atoms with Gasteiger partial charge in [0, 0.05) is 42.8 Å². The van der Waals surface area contributed by atoms with E-state index < -0.39 is 0 Å². The first kappa shape index (κ1) is 12.0. The first-order valence-electron chi connectivity index (χ1n) is 6.52. The maximum atomic E-state index is 6.79. The highest BCUT2D eigenvalue weighted by atomic mass is 15.4. The minimum absolute atomic E-state index is 0.316.